The molecule has 0 spiro atoms. The third-order valence-corrected chi connectivity index (χ3v) is 4.71. The number of nitrogens with zero attached hydrogens (tertiary/aromatic N) is 2. The largest absolute Gasteiger partial charge is 0.324 e. The van der Waals surface area contributed by atoms with Crippen molar-refractivity contribution < 1.29 is 0 Å². The average Bonchev–Trinajstić information content (AvgIpc) is 2.79. The number of thiazole rings is 1. The molecule has 3 rings (SSSR count). The molecule has 0 N–H and O–H groups in total. The van der Waals surface area contributed by atoms with Crippen molar-refractivity contribution in [2.45, 2.75) is 20.3 Å². The lowest BCUT2D eigenvalue weighted by Gasteiger charge is -2.02. The molecular weight excluding hydrogens is 264 g/mol. The van der Waals surface area contributed by atoms with Crippen molar-refractivity contribution in [3.63, 3.8) is 0 Å². The Morgan fingerprint density at radius 1 is 1.10 bits per heavy atom. The summed E-state index contributed by atoms with van der Waals surface area (Å²) in [6, 6.07) is 13.1. The summed E-state index contributed by atoms with van der Waals surface area (Å²) in [4.78, 5) is 5.77. The van der Waals surface area contributed by atoms with Crippen molar-refractivity contribution in [2.24, 2.45) is 12.0 Å². The molecule has 0 saturated carbocycles. The van der Waals surface area contributed by atoms with E-state index in [0.29, 0.717) is 0 Å². The van der Waals surface area contributed by atoms with E-state index in [0.717, 1.165) is 16.9 Å². The summed E-state index contributed by atoms with van der Waals surface area (Å²) in [5, 5.41) is 4.67. The summed E-state index contributed by atoms with van der Waals surface area (Å²) in [6.07, 6.45) is 1.08. The Morgan fingerprint density at radius 2 is 1.85 bits per heavy atom. The molecule has 2 aromatic carbocycles. The molecule has 0 fully saturated rings. The molecule has 2 nitrogen and oxygen atoms in total. The highest BCUT2D eigenvalue weighted by atomic mass is 32.1. The Bertz CT molecular complexity index is 824. The Balaban J connectivity index is 2.10. The lowest BCUT2D eigenvalue weighted by Crippen LogP contribution is -2.10. The molecule has 0 unspecified atom stereocenters. The highest BCUT2D eigenvalue weighted by Crippen LogP contribution is 2.22. The first kappa shape index (κ1) is 13.1. The zero-order valence-electron chi connectivity index (χ0n) is 12.1. The number of rotatable bonds is 2. The Labute approximate surface area is 123 Å². The molecular formula is C17H18N2S. The van der Waals surface area contributed by atoms with Crippen molar-refractivity contribution in [1.29, 1.82) is 0 Å². The average molecular weight is 282 g/mol. The number of benzene rings is 2. The first-order valence-electron chi connectivity index (χ1n) is 6.86. The fourth-order valence-electron chi connectivity index (χ4n) is 2.23. The van der Waals surface area contributed by atoms with Crippen LogP contribution in [-0.2, 0) is 13.5 Å². The Kier molecular flexibility index (Phi) is 3.45. The molecule has 3 aromatic rings. The van der Waals surface area contributed by atoms with Crippen LogP contribution < -0.4 is 4.80 Å². The Morgan fingerprint density at radius 3 is 2.55 bits per heavy atom. The minimum absolute atomic E-state index is 1.01. The van der Waals surface area contributed by atoms with Gasteiger partial charge in [-0.25, -0.2) is 4.99 Å². The molecule has 0 bridgehead atoms. The van der Waals surface area contributed by atoms with Gasteiger partial charge in [0.05, 0.1) is 5.69 Å². The Hall–Kier alpha value is -1.87. The molecule has 0 aliphatic heterocycles. The second kappa shape index (κ2) is 5.25. The fourth-order valence-corrected chi connectivity index (χ4v) is 3.13. The molecule has 0 saturated heterocycles. The van der Waals surface area contributed by atoms with Gasteiger partial charge in [0.2, 0.25) is 0 Å². The molecule has 102 valence electrons. The zero-order chi connectivity index (χ0) is 14.1. The van der Waals surface area contributed by atoms with Crippen molar-refractivity contribution in [3.8, 4) is 0 Å². The van der Waals surface area contributed by atoms with E-state index in [1.54, 1.807) is 11.3 Å². The predicted octanol–water partition coefficient (Wildman–Crippen LogP) is 4.34. The van der Waals surface area contributed by atoms with Gasteiger partial charge in [-0.3, -0.25) is 0 Å². The molecule has 0 amide bonds. The van der Waals surface area contributed by atoms with Crippen LogP contribution in [0.2, 0.25) is 0 Å². The maximum absolute atomic E-state index is 4.74. The standard InChI is InChI=1S/C17H18N2S/c1-4-13-5-6-15-10-16(8-7-14(15)9-13)18-17-19(3)12(2)11-20-17/h5-11H,4H2,1-3H3. The maximum Gasteiger partial charge on any atom is 0.189 e. The van der Waals surface area contributed by atoms with Crippen molar-refractivity contribution in [2.75, 3.05) is 0 Å². The third-order valence-electron chi connectivity index (χ3n) is 3.67. The quantitative estimate of drug-likeness (QED) is 0.665. The van der Waals surface area contributed by atoms with Crippen LogP contribution >= 0.6 is 11.3 Å². The van der Waals surface area contributed by atoms with Gasteiger partial charge in [-0.1, -0.05) is 31.2 Å². The minimum Gasteiger partial charge on any atom is -0.324 e. The molecule has 3 heteroatoms. The van der Waals surface area contributed by atoms with E-state index in [2.05, 4.69) is 67.2 Å². The van der Waals surface area contributed by atoms with Gasteiger partial charge in [0.1, 0.15) is 0 Å². The molecule has 1 aromatic heterocycles. The second-order valence-corrected chi connectivity index (χ2v) is 5.89. The normalized spacial score (nSPS) is 12.2. The minimum atomic E-state index is 1.01. The lowest BCUT2D eigenvalue weighted by molar-refractivity contribution is 0.835. The van der Waals surface area contributed by atoms with E-state index in [1.807, 2.05) is 0 Å². The molecule has 0 aliphatic rings. The molecule has 0 atom stereocenters. The van der Waals surface area contributed by atoms with Gasteiger partial charge < -0.3 is 4.57 Å². The highest BCUT2D eigenvalue weighted by Gasteiger charge is 1.99. The van der Waals surface area contributed by atoms with E-state index in [4.69, 9.17) is 4.99 Å². The van der Waals surface area contributed by atoms with Crippen LogP contribution in [-0.4, -0.2) is 4.57 Å². The highest BCUT2D eigenvalue weighted by molar-refractivity contribution is 7.07. The number of hydrogen-bond donors (Lipinski definition) is 0. The van der Waals surface area contributed by atoms with Crippen LogP contribution in [0.3, 0.4) is 0 Å². The van der Waals surface area contributed by atoms with Crippen LogP contribution in [0.15, 0.2) is 46.8 Å². The van der Waals surface area contributed by atoms with Crippen LogP contribution in [0.4, 0.5) is 5.69 Å². The molecule has 20 heavy (non-hydrogen) atoms. The van der Waals surface area contributed by atoms with E-state index in [9.17, 15) is 0 Å². The second-order valence-electron chi connectivity index (χ2n) is 5.05. The number of fused-ring (bicyclic) bond motifs is 1. The summed E-state index contributed by atoms with van der Waals surface area (Å²) < 4.78 is 2.12. The number of aromatic nitrogens is 1. The zero-order valence-corrected chi connectivity index (χ0v) is 12.9. The van der Waals surface area contributed by atoms with Crippen molar-refractivity contribution in [3.05, 3.63) is 57.8 Å². The van der Waals surface area contributed by atoms with Crippen LogP contribution in [0, 0.1) is 6.92 Å². The van der Waals surface area contributed by atoms with Crippen LogP contribution in [0.5, 0.6) is 0 Å². The summed E-state index contributed by atoms with van der Waals surface area (Å²) in [6.45, 7) is 4.28. The topological polar surface area (TPSA) is 17.3 Å². The maximum atomic E-state index is 4.74. The van der Waals surface area contributed by atoms with E-state index in [-0.39, 0.29) is 0 Å². The number of aryl methyl sites for hydroxylation is 2. The number of hydrogen-bond acceptors (Lipinski definition) is 2. The van der Waals surface area contributed by atoms with Gasteiger partial charge in [0.15, 0.2) is 4.80 Å². The summed E-state index contributed by atoms with van der Waals surface area (Å²) in [5.41, 5.74) is 3.63. The van der Waals surface area contributed by atoms with Crippen LogP contribution in [0.25, 0.3) is 10.8 Å². The smallest absolute Gasteiger partial charge is 0.189 e. The summed E-state index contributed by atoms with van der Waals surface area (Å²) in [5.74, 6) is 0. The first-order valence-corrected chi connectivity index (χ1v) is 7.74. The monoisotopic (exact) mass is 282 g/mol. The van der Waals surface area contributed by atoms with Gasteiger partial charge in [-0.2, -0.15) is 0 Å². The first-order chi connectivity index (χ1) is 9.67. The van der Waals surface area contributed by atoms with E-state index >= 15 is 0 Å². The van der Waals surface area contributed by atoms with E-state index in [1.165, 1.54) is 22.0 Å². The summed E-state index contributed by atoms with van der Waals surface area (Å²) in [7, 11) is 2.05. The van der Waals surface area contributed by atoms with E-state index < -0.39 is 0 Å². The summed E-state index contributed by atoms with van der Waals surface area (Å²) >= 11 is 1.68. The molecule has 0 radical (unpaired) electrons. The van der Waals surface area contributed by atoms with Gasteiger partial charge in [-0.15, -0.1) is 11.3 Å². The van der Waals surface area contributed by atoms with Crippen molar-refractivity contribution in [1.82, 2.24) is 4.57 Å². The predicted molar refractivity (Wildman–Crippen MR) is 86.6 cm³/mol. The molecule has 1 heterocycles. The third kappa shape index (κ3) is 2.41. The molecule has 0 aliphatic carbocycles. The van der Waals surface area contributed by atoms with Gasteiger partial charge in [-0.05, 0) is 41.8 Å². The van der Waals surface area contributed by atoms with Gasteiger partial charge >= 0.3 is 0 Å². The SMILES string of the molecule is CCc1ccc2cc(N=c3scc(C)n3C)ccc2c1. The van der Waals surface area contributed by atoms with Gasteiger partial charge in [0, 0.05) is 18.1 Å². The van der Waals surface area contributed by atoms with Crippen molar-refractivity contribution >= 4 is 27.8 Å². The van der Waals surface area contributed by atoms with Crippen LogP contribution in [0.1, 0.15) is 18.2 Å². The lowest BCUT2D eigenvalue weighted by atomic mass is 10.1. The fraction of sp³-hybridized carbons (Fsp3) is 0.235. The van der Waals surface area contributed by atoms with Gasteiger partial charge in [0.25, 0.3) is 0 Å².